The zero-order valence-corrected chi connectivity index (χ0v) is 9.61. The van der Waals surface area contributed by atoms with E-state index in [1.807, 2.05) is 30.3 Å². The first-order valence-corrected chi connectivity index (χ1v) is 6.18. The molecule has 0 radical (unpaired) electrons. The van der Waals surface area contributed by atoms with E-state index in [4.69, 9.17) is 4.74 Å². The van der Waals surface area contributed by atoms with E-state index in [9.17, 15) is 8.78 Å². The smallest absolute Gasteiger partial charge is 0.251 e. The number of ether oxygens (including phenoxy) is 1. The number of fused-ring (bicyclic) bond motifs is 2. The summed E-state index contributed by atoms with van der Waals surface area (Å²) in [5, 5.41) is 0. The Bertz CT molecular complexity index is 390. The second-order valence-electron chi connectivity index (χ2n) is 5.23. The van der Waals surface area contributed by atoms with Crippen LogP contribution in [0.15, 0.2) is 30.3 Å². The van der Waals surface area contributed by atoms with E-state index in [1.165, 1.54) is 0 Å². The van der Waals surface area contributed by atoms with Crippen molar-refractivity contribution >= 4 is 0 Å². The van der Waals surface area contributed by atoms with Gasteiger partial charge in [-0.3, -0.25) is 0 Å². The topological polar surface area (TPSA) is 9.23 Å². The first-order valence-electron chi connectivity index (χ1n) is 6.18. The van der Waals surface area contributed by atoms with Crippen molar-refractivity contribution in [3.8, 4) is 0 Å². The molecule has 1 aromatic rings. The van der Waals surface area contributed by atoms with Crippen LogP contribution in [0.1, 0.15) is 24.8 Å². The summed E-state index contributed by atoms with van der Waals surface area (Å²) in [6.07, 6.45) is 1.24. The molecule has 2 bridgehead atoms. The van der Waals surface area contributed by atoms with Crippen molar-refractivity contribution in [2.75, 3.05) is 0 Å². The summed E-state index contributed by atoms with van der Waals surface area (Å²) < 4.78 is 32.4. The molecule has 0 aromatic heterocycles. The van der Waals surface area contributed by atoms with Gasteiger partial charge in [0.05, 0.1) is 12.7 Å². The van der Waals surface area contributed by atoms with Gasteiger partial charge in [-0.05, 0) is 24.3 Å². The summed E-state index contributed by atoms with van der Waals surface area (Å²) in [7, 11) is 0. The molecule has 17 heavy (non-hydrogen) atoms. The van der Waals surface area contributed by atoms with E-state index < -0.39 is 11.8 Å². The number of benzene rings is 1. The molecule has 0 heterocycles. The van der Waals surface area contributed by atoms with Crippen molar-refractivity contribution in [2.24, 2.45) is 11.8 Å². The fraction of sp³-hybridized carbons (Fsp3) is 0.571. The maximum absolute atomic E-state index is 13.3. The first-order chi connectivity index (χ1) is 8.15. The molecule has 1 nitrogen and oxygen atoms in total. The molecule has 0 amide bonds. The molecular weight excluding hydrogens is 222 g/mol. The van der Waals surface area contributed by atoms with Crippen LogP contribution in [0.3, 0.4) is 0 Å². The second-order valence-corrected chi connectivity index (χ2v) is 5.23. The molecule has 0 spiro atoms. The summed E-state index contributed by atoms with van der Waals surface area (Å²) in [6.45, 7) is 0.542. The predicted octanol–water partition coefficient (Wildman–Crippen LogP) is 3.64. The maximum atomic E-state index is 13.3. The van der Waals surface area contributed by atoms with Gasteiger partial charge in [-0.2, -0.15) is 0 Å². The van der Waals surface area contributed by atoms with Crippen LogP contribution >= 0.6 is 0 Å². The minimum absolute atomic E-state index is 0.0249. The van der Waals surface area contributed by atoms with E-state index in [-0.39, 0.29) is 18.4 Å². The number of alkyl halides is 2. The van der Waals surface area contributed by atoms with Gasteiger partial charge in [-0.15, -0.1) is 0 Å². The van der Waals surface area contributed by atoms with Crippen LogP contribution in [0.5, 0.6) is 0 Å². The van der Waals surface area contributed by atoms with E-state index in [1.54, 1.807) is 0 Å². The number of hydrogen-bond acceptors (Lipinski definition) is 1. The standard InChI is InChI=1S/C14H16F2O/c15-14(16)8-11-6-12(14)7-13(11)17-9-10-4-2-1-3-5-10/h1-5,11-13H,6-9H2/t11?,12-,13+/m1/s1. The highest BCUT2D eigenvalue weighted by Crippen LogP contribution is 2.54. The quantitative estimate of drug-likeness (QED) is 0.781. The van der Waals surface area contributed by atoms with Crippen LogP contribution in [0.25, 0.3) is 0 Å². The van der Waals surface area contributed by atoms with Gasteiger partial charge in [0.1, 0.15) is 0 Å². The summed E-state index contributed by atoms with van der Waals surface area (Å²) in [4.78, 5) is 0. The van der Waals surface area contributed by atoms with Gasteiger partial charge in [-0.25, -0.2) is 8.78 Å². The fourth-order valence-electron chi connectivity index (χ4n) is 3.14. The molecule has 1 unspecified atom stereocenters. The molecule has 2 aliphatic rings. The normalized spacial score (nSPS) is 34.1. The van der Waals surface area contributed by atoms with Crippen LogP contribution < -0.4 is 0 Å². The van der Waals surface area contributed by atoms with Crippen LogP contribution in [0.4, 0.5) is 8.78 Å². The first kappa shape index (κ1) is 11.1. The molecule has 3 atom stereocenters. The molecule has 3 heteroatoms. The highest BCUT2D eigenvalue weighted by atomic mass is 19.3. The molecule has 2 aliphatic carbocycles. The van der Waals surface area contributed by atoms with Crippen molar-refractivity contribution in [1.82, 2.24) is 0 Å². The average molecular weight is 238 g/mol. The fourth-order valence-corrected chi connectivity index (χ4v) is 3.14. The van der Waals surface area contributed by atoms with Crippen LogP contribution in [-0.2, 0) is 11.3 Å². The van der Waals surface area contributed by atoms with Crippen LogP contribution in [0.2, 0.25) is 0 Å². The molecule has 1 aromatic carbocycles. The lowest BCUT2D eigenvalue weighted by molar-refractivity contribution is -0.0932. The molecular formula is C14H16F2O. The Balaban J connectivity index is 1.56. The molecule has 2 fully saturated rings. The third kappa shape index (κ3) is 2.08. The summed E-state index contributed by atoms with van der Waals surface area (Å²) in [6, 6.07) is 9.90. The molecule has 92 valence electrons. The predicted molar refractivity (Wildman–Crippen MR) is 60.8 cm³/mol. The highest BCUT2D eigenvalue weighted by molar-refractivity contribution is 5.13. The van der Waals surface area contributed by atoms with Crippen molar-refractivity contribution in [2.45, 2.75) is 37.9 Å². The van der Waals surface area contributed by atoms with Crippen LogP contribution in [-0.4, -0.2) is 12.0 Å². The Morgan fingerprint density at radius 1 is 1.18 bits per heavy atom. The van der Waals surface area contributed by atoms with E-state index >= 15 is 0 Å². The van der Waals surface area contributed by atoms with Gasteiger partial charge in [0.25, 0.3) is 5.92 Å². The Morgan fingerprint density at radius 3 is 2.53 bits per heavy atom. The number of rotatable bonds is 3. The Morgan fingerprint density at radius 2 is 1.94 bits per heavy atom. The van der Waals surface area contributed by atoms with Gasteiger partial charge in [0.15, 0.2) is 0 Å². The third-order valence-electron chi connectivity index (χ3n) is 4.07. The summed E-state index contributed by atoms with van der Waals surface area (Å²) in [5.74, 6) is -2.80. The number of hydrogen-bond donors (Lipinski definition) is 0. The highest BCUT2D eigenvalue weighted by Gasteiger charge is 2.57. The SMILES string of the molecule is FC1(F)CC2C[C@@H]1C[C@@H]2OCc1ccccc1. The lowest BCUT2D eigenvalue weighted by Crippen LogP contribution is -2.32. The molecule has 0 saturated heterocycles. The monoisotopic (exact) mass is 238 g/mol. The summed E-state index contributed by atoms with van der Waals surface area (Å²) >= 11 is 0. The zero-order chi connectivity index (χ0) is 11.9. The van der Waals surface area contributed by atoms with Gasteiger partial charge < -0.3 is 4.74 Å². The van der Waals surface area contributed by atoms with E-state index in [2.05, 4.69) is 0 Å². The van der Waals surface area contributed by atoms with Gasteiger partial charge >= 0.3 is 0 Å². The molecule has 3 rings (SSSR count). The maximum Gasteiger partial charge on any atom is 0.251 e. The minimum Gasteiger partial charge on any atom is -0.373 e. The largest absolute Gasteiger partial charge is 0.373 e. The van der Waals surface area contributed by atoms with E-state index in [0.29, 0.717) is 19.4 Å². The van der Waals surface area contributed by atoms with Gasteiger partial charge in [-0.1, -0.05) is 30.3 Å². The summed E-state index contributed by atoms with van der Waals surface area (Å²) in [5.41, 5.74) is 1.11. The van der Waals surface area contributed by atoms with Crippen molar-refractivity contribution < 1.29 is 13.5 Å². The molecule has 2 saturated carbocycles. The van der Waals surface area contributed by atoms with Gasteiger partial charge in [0, 0.05) is 12.3 Å². The Kier molecular flexibility index (Phi) is 2.66. The lowest BCUT2D eigenvalue weighted by Gasteiger charge is -2.27. The molecule has 0 N–H and O–H groups in total. The Labute approximate surface area is 99.8 Å². The lowest BCUT2D eigenvalue weighted by atomic mass is 9.94. The Hall–Kier alpha value is -0.960. The van der Waals surface area contributed by atoms with E-state index in [0.717, 1.165) is 5.56 Å². The van der Waals surface area contributed by atoms with Crippen molar-refractivity contribution in [1.29, 1.82) is 0 Å². The van der Waals surface area contributed by atoms with Crippen molar-refractivity contribution in [3.63, 3.8) is 0 Å². The second kappa shape index (κ2) is 4.05. The minimum atomic E-state index is -2.43. The zero-order valence-electron chi connectivity index (χ0n) is 9.61. The average Bonchev–Trinajstić information content (AvgIpc) is 2.83. The van der Waals surface area contributed by atoms with Gasteiger partial charge in [0.2, 0.25) is 0 Å². The molecule has 0 aliphatic heterocycles. The van der Waals surface area contributed by atoms with Crippen LogP contribution in [0, 0.1) is 11.8 Å². The number of halogens is 2. The van der Waals surface area contributed by atoms with Crippen molar-refractivity contribution in [3.05, 3.63) is 35.9 Å². The third-order valence-corrected chi connectivity index (χ3v) is 4.07.